The molecule has 1 saturated carbocycles. The Hall–Kier alpha value is -3.54. The van der Waals surface area contributed by atoms with Crippen molar-refractivity contribution in [2.75, 3.05) is 5.32 Å². The van der Waals surface area contributed by atoms with E-state index in [1.165, 1.54) is 0 Å². The van der Waals surface area contributed by atoms with Gasteiger partial charge in [-0.25, -0.2) is 0 Å². The monoisotopic (exact) mass is 376 g/mol. The highest BCUT2D eigenvalue weighted by Crippen LogP contribution is 2.22. The van der Waals surface area contributed by atoms with E-state index in [-0.39, 0.29) is 24.3 Å². The van der Waals surface area contributed by atoms with Crippen LogP contribution in [0.1, 0.15) is 39.5 Å². The molecule has 1 heterocycles. The van der Waals surface area contributed by atoms with E-state index in [1.807, 2.05) is 30.3 Å². The Morgan fingerprint density at radius 1 is 0.929 bits per heavy atom. The van der Waals surface area contributed by atoms with Crippen molar-refractivity contribution < 1.29 is 18.7 Å². The van der Waals surface area contributed by atoms with Gasteiger partial charge in [-0.15, -0.1) is 0 Å². The zero-order valence-corrected chi connectivity index (χ0v) is 15.2. The number of hydrogen-bond donors (Lipinski definition) is 2. The van der Waals surface area contributed by atoms with Gasteiger partial charge in [0.15, 0.2) is 5.76 Å². The number of rotatable bonds is 7. The normalized spacial score (nSPS) is 13.0. The van der Waals surface area contributed by atoms with E-state index < -0.39 is 5.91 Å². The van der Waals surface area contributed by atoms with Gasteiger partial charge in [0, 0.05) is 6.04 Å². The van der Waals surface area contributed by atoms with Crippen molar-refractivity contribution in [3.8, 4) is 5.75 Å². The van der Waals surface area contributed by atoms with Crippen molar-refractivity contribution >= 4 is 17.5 Å². The average Bonchev–Trinajstić information content (AvgIpc) is 3.40. The van der Waals surface area contributed by atoms with Gasteiger partial charge in [-0.2, -0.15) is 0 Å². The second-order valence-electron chi connectivity index (χ2n) is 6.62. The fraction of sp³-hybridized carbons (Fsp3) is 0.182. The van der Waals surface area contributed by atoms with Crippen molar-refractivity contribution in [2.24, 2.45) is 0 Å². The molecule has 6 nitrogen and oxygen atoms in total. The van der Waals surface area contributed by atoms with Crippen LogP contribution in [0.3, 0.4) is 0 Å². The second-order valence-corrected chi connectivity index (χ2v) is 6.62. The maximum Gasteiger partial charge on any atom is 0.291 e. The van der Waals surface area contributed by atoms with Gasteiger partial charge in [0.1, 0.15) is 18.1 Å². The summed E-state index contributed by atoms with van der Waals surface area (Å²) in [6.45, 7) is 0.220. The van der Waals surface area contributed by atoms with Gasteiger partial charge in [-0.05, 0) is 49.2 Å². The number of para-hydroxylation sites is 2. The van der Waals surface area contributed by atoms with Gasteiger partial charge < -0.3 is 19.8 Å². The quantitative estimate of drug-likeness (QED) is 0.653. The predicted octanol–water partition coefficient (Wildman–Crippen LogP) is 4.00. The fourth-order valence-electron chi connectivity index (χ4n) is 2.71. The molecule has 6 heteroatoms. The molecule has 1 fully saturated rings. The maximum absolute atomic E-state index is 12.5. The van der Waals surface area contributed by atoms with Crippen LogP contribution in [0.15, 0.2) is 71.1 Å². The number of furan rings is 1. The third-order valence-corrected chi connectivity index (χ3v) is 4.34. The zero-order valence-electron chi connectivity index (χ0n) is 15.2. The Balaban J connectivity index is 1.40. The molecule has 28 heavy (non-hydrogen) atoms. The zero-order chi connectivity index (χ0) is 19.3. The highest BCUT2D eigenvalue weighted by atomic mass is 16.5. The molecule has 0 bridgehead atoms. The summed E-state index contributed by atoms with van der Waals surface area (Å²) >= 11 is 0. The first-order valence-electron chi connectivity index (χ1n) is 9.17. The molecule has 0 atom stereocenters. The molecule has 0 aliphatic heterocycles. The van der Waals surface area contributed by atoms with Crippen LogP contribution in [0, 0.1) is 0 Å². The van der Waals surface area contributed by atoms with Crippen LogP contribution in [0.25, 0.3) is 0 Å². The molecule has 0 radical (unpaired) electrons. The molecule has 0 saturated heterocycles. The van der Waals surface area contributed by atoms with Gasteiger partial charge in [0.2, 0.25) is 0 Å². The van der Waals surface area contributed by atoms with Gasteiger partial charge in [-0.3, -0.25) is 9.59 Å². The Morgan fingerprint density at radius 2 is 1.68 bits per heavy atom. The van der Waals surface area contributed by atoms with E-state index in [2.05, 4.69) is 10.6 Å². The molecular weight excluding hydrogens is 356 g/mol. The highest BCUT2D eigenvalue weighted by molar-refractivity contribution is 6.08. The van der Waals surface area contributed by atoms with Crippen LogP contribution in [0.5, 0.6) is 5.75 Å². The molecule has 2 aromatic carbocycles. The SMILES string of the molecule is O=C(Nc1ccccc1C(=O)NC1CC1)c1ccc(COc2ccccc2)o1. The molecule has 0 spiro atoms. The Labute approximate surface area is 162 Å². The summed E-state index contributed by atoms with van der Waals surface area (Å²) in [6, 6.07) is 19.8. The first-order chi connectivity index (χ1) is 13.7. The first-order valence-corrected chi connectivity index (χ1v) is 9.17. The minimum atomic E-state index is -0.419. The van der Waals surface area contributed by atoms with E-state index in [0.717, 1.165) is 18.6 Å². The number of amides is 2. The number of nitrogens with one attached hydrogen (secondary N) is 2. The first kappa shape index (κ1) is 17.9. The van der Waals surface area contributed by atoms with E-state index in [1.54, 1.807) is 36.4 Å². The van der Waals surface area contributed by atoms with Crippen LogP contribution < -0.4 is 15.4 Å². The van der Waals surface area contributed by atoms with Crippen molar-refractivity contribution in [1.82, 2.24) is 5.32 Å². The van der Waals surface area contributed by atoms with Gasteiger partial charge >= 0.3 is 0 Å². The second kappa shape index (κ2) is 8.00. The number of ether oxygens (including phenoxy) is 1. The number of hydrogen-bond acceptors (Lipinski definition) is 4. The lowest BCUT2D eigenvalue weighted by Gasteiger charge is -2.10. The maximum atomic E-state index is 12.5. The number of carbonyl (C=O) groups excluding carboxylic acids is 2. The van der Waals surface area contributed by atoms with Gasteiger partial charge in [0.25, 0.3) is 11.8 Å². The summed E-state index contributed by atoms with van der Waals surface area (Å²) in [7, 11) is 0. The lowest BCUT2D eigenvalue weighted by Crippen LogP contribution is -2.26. The van der Waals surface area contributed by atoms with Crippen LogP contribution in [-0.2, 0) is 6.61 Å². The average molecular weight is 376 g/mol. The van der Waals surface area contributed by atoms with Gasteiger partial charge in [-0.1, -0.05) is 30.3 Å². The summed E-state index contributed by atoms with van der Waals surface area (Å²) in [5, 5.41) is 5.68. The standard InChI is InChI=1S/C22H20N2O4/c25-21(23-15-10-11-15)18-8-4-5-9-19(18)24-22(26)20-13-12-17(28-20)14-27-16-6-2-1-3-7-16/h1-9,12-13,15H,10-11,14H2,(H,23,25)(H,24,26). The smallest absolute Gasteiger partial charge is 0.291 e. The van der Waals surface area contributed by atoms with Crippen LogP contribution in [-0.4, -0.2) is 17.9 Å². The molecule has 2 N–H and O–H groups in total. The topological polar surface area (TPSA) is 80.6 Å². The summed E-state index contributed by atoms with van der Waals surface area (Å²) in [4.78, 5) is 24.9. The van der Waals surface area contributed by atoms with Crippen LogP contribution in [0.4, 0.5) is 5.69 Å². The third kappa shape index (κ3) is 4.40. The molecule has 0 unspecified atom stereocenters. The number of carbonyl (C=O) groups is 2. The minimum Gasteiger partial charge on any atom is -0.486 e. The molecule has 142 valence electrons. The molecule has 1 aliphatic rings. The van der Waals surface area contributed by atoms with Crippen molar-refractivity contribution in [1.29, 1.82) is 0 Å². The Kier molecular flexibility index (Phi) is 5.10. The minimum absolute atomic E-state index is 0.157. The number of benzene rings is 2. The third-order valence-electron chi connectivity index (χ3n) is 4.34. The van der Waals surface area contributed by atoms with Crippen molar-refractivity contribution in [2.45, 2.75) is 25.5 Å². The summed E-state index contributed by atoms with van der Waals surface area (Å²) in [6.07, 6.45) is 2.00. The van der Waals surface area contributed by atoms with E-state index in [0.29, 0.717) is 17.0 Å². The summed E-state index contributed by atoms with van der Waals surface area (Å²) < 4.78 is 11.2. The predicted molar refractivity (Wildman–Crippen MR) is 104 cm³/mol. The highest BCUT2D eigenvalue weighted by Gasteiger charge is 2.25. The summed E-state index contributed by atoms with van der Waals surface area (Å²) in [5.41, 5.74) is 0.881. The molecule has 1 aromatic heterocycles. The Bertz CT molecular complexity index is 977. The van der Waals surface area contributed by atoms with Crippen molar-refractivity contribution in [3.05, 3.63) is 83.8 Å². The lowest BCUT2D eigenvalue weighted by molar-refractivity contribution is 0.0952. The van der Waals surface area contributed by atoms with E-state index in [4.69, 9.17) is 9.15 Å². The molecular formula is C22H20N2O4. The molecule has 2 amide bonds. The van der Waals surface area contributed by atoms with E-state index in [9.17, 15) is 9.59 Å². The fourth-order valence-corrected chi connectivity index (χ4v) is 2.71. The largest absolute Gasteiger partial charge is 0.486 e. The Morgan fingerprint density at radius 3 is 2.46 bits per heavy atom. The summed E-state index contributed by atoms with van der Waals surface area (Å²) in [5.74, 6) is 0.811. The molecule has 4 rings (SSSR count). The van der Waals surface area contributed by atoms with Crippen molar-refractivity contribution in [3.63, 3.8) is 0 Å². The molecule has 1 aliphatic carbocycles. The number of anilines is 1. The van der Waals surface area contributed by atoms with Crippen LogP contribution in [0.2, 0.25) is 0 Å². The van der Waals surface area contributed by atoms with E-state index >= 15 is 0 Å². The lowest BCUT2D eigenvalue weighted by atomic mass is 10.1. The van der Waals surface area contributed by atoms with Crippen LogP contribution >= 0.6 is 0 Å². The molecule has 3 aromatic rings. The van der Waals surface area contributed by atoms with Gasteiger partial charge in [0.05, 0.1) is 11.3 Å².